The minimum Gasteiger partial charge on any atom is -0.495 e. The first-order chi connectivity index (χ1) is 10.2. The molecule has 1 heterocycles. The number of thiophene rings is 1. The number of halogens is 1. The standard InChI is InChI=1S/C17H17ClO2S/c1-20-14-9-12(7-8-13(14)18)17(19)16-10-11-5-3-2-4-6-15(11)21-16/h7-10H,2-6H2,1H3. The molecule has 0 radical (unpaired) electrons. The van der Waals surface area contributed by atoms with Crippen LogP contribution in [-0.4, -0.2) is 12.9 Å². The number of ether oxygens (including phenoxy) is 1. The van der Waals surface area contributed by atoms with E-state index in [-0.39, 0.29) is 5.78 Å². The van der Waals surface area contributed by atoms with Crippen LogP contribution in [0.25, 0.3) is 0 Å². The van der Waals surface area contributed by atoms with Crippen LogP contribution >= 0.6 is 22.9 Å². The van der Waals surface area contributed by atoms with Gasteiger partial charge < -0.3 is 4.74 Å². The summed E-state index contributed by atoms with van der Waals surface area (Å²) in [4.78, 5) is 14.9. The number of benzene rings is 1. The van der Waals surface area contributed by atoms with Gasteiger partial charge in [0.05, 0.1) is 17.0 Å². The van der Waals surface area contributed by atoms with Gasteiger partial charge in [0.2, 0.25) is 5.78 Å². The highest BCUT2D eigenvalue weighted by molar-refractivity contribution is 7.14. The highest BCUT2D eigenvalue weighted by Crippen LogP contribution is 2.32. The average Bonchev–Trinajstić information content (AvgIpc) is 2.78. The topological polar surface area (TPSA) is 26.3 Å². The van der Waals surface area contributed by atoms with Crippen LogP contribution < -0.4 is 4.74 Å². The van der Waals surface area contributed by atoms with Gasteiger partial charge in [-0.2, -0.15) is 0 Å². The van der Waals surface area contributed by atoms with Gasteiger partial charge in [0.1, 0.15) is 5.75 Å². The Morgan fingerprint density at radius 1 is 1.19 bits per heavy atom. The fourth-order valence-corrected chi connectivity index (χ4v) is 4.13. The highest BCUT2D eigenvalue weighted by Gasteiger charge is 2.18. The van der Waals surface area contributed by atoms with E-state index in [1.807, 2.05) is 0 Å². The van der Waals surface area contributed by atoms with E-state index in [0.717, 1.165) is 17.7 Å². The first kappa shape index (κ1) is 14.6. The average molecular weight is 321 g/mol. The van der Waals surface area contributed by atoms with Crippen molar-refractivity contribution < 1.29 is 9.53 Å². The van der Waals surface area contributed by atoms with Crippen molar-refractivity contribution >= 4 is 28.7 Å². The number of carbonyl (C=O) groups excluding carboxylic acids is 1. The molecule has 2 nitrogen and oxygen atoms in total. The lowest BCUT2D eigenvalue weighted by molar-refractivity contribution is 0.104. The van der Waals surface area contributed by atoms with Crippen molar-refractivity contribution in [2.45, 2.75) is 32.1 Å². The monoisotopic (exact) mass is 320 g/mol. The van der Waals surface area contributed by atoms with Crippen molar-refractivity contribution in [2.24, 2.45) is 0 Å². The molecule has 1 aliphatic carbocycles. The third-order valence-corrected chi connectivity index (χ3v) is 5.43. The minimum absolute atomic E-state index is 0.0584. The zero-order chi connectivity index (χ0) is 14.8. The molecule has 0 saturated heterocycles. The van der Waals surface area contributed by atoms with E-state index in [9.17, 15) is 4.79 Å². The molecule has 1 aromatic heterocycles. The van der Waals surface area contributed by atoms with Gasteiger partial charge in [0, 0.05) is 10.4 Å². The summed E-state index contributed by atoms with van der Waals surface area (Å²) in [5.41, 5.74) is 1.99. The van der Waals surface area contributed by atoms with Crippen LogP contribution in [0.5, 0.6) is 5.75 Å². The van der Waals surface area contributed by atoms with Crippen LogP contribution in [0.1, 0.15) is 44.9 Å². The first-order valence-corrected chi connectivity index (χ1v) is 8.38. The van der Waals surface area contributed by atoms with Gasteiger partial charge in [-0.25, -0.2) is 0 Å². The van der Waals surface area contributed by atoms with Gasteiger partial charge in [-0.05, 0) is 55.5 Å². The van der Waals surface area contributed by atoms with E-state index >= 15 is 0 Å². The SMILES string of the molecule is COc1cc(C(=O)c2cc3c(s2)CCCCC3)ccc1Cl. The number of carbonyl (C=O) groups is 1. The Morgan fingerprint density at radius 3 is 2.81 bits per heavy atom. The fraction of sp³-hybridized carbons (Fsp3) is 0.353. The van der Waals surface area contributed by atoms with Crippen LogP contribution in [0.15, 0.2) is 24.3 Å². The third-order valence-electron chi connectivity index (χ3n) is 3.88. The molecule has 0 atom stereocenters. The second-order valence-corrected chi connectivity index (χ2v) is 6.84. The Morgan fingerprint density at radius 2 is 2.00 bits per heavy atom. The lowest BCUT2D eigenvalue weighted by Crippen LogP contribution is -1.99. The van der Waals surface area contributed by atoms with Gasteiger partial charge in [0.15, 0.2) is 0 Å². The molecule has 110 valence electrons. The van der Waals surface area contributed by atoms with Crippen LogP contribution in [0.3, 0.4) is 0 Å². The summed E-state index contributed by atoms with van der Waals surface area (Å²) in [5.74, 6) is 0.601. The van der Waals surface area contributed by atoms with Crippen molar-refractivity contribution in [3.8, 4) is 5.75 Å². The van der Waals surface area contributed by atoms with Crippen LogP contribution in [-0.2, 0) is 12.8 Å². The second kappa shape index (κ2) is 6.20. The summed E-state index contributed by atoms with van der Waals surface area (Å²) in [6, 6.07) is 7.27. The molecule has 2 aromatic rings. The van der Waals surface area contributed by atoms with E-state index in [4.69, 9.17) is 16.3 Å². The number of aryl methyl sites for hydroxylation is 2. The van der Waals surface area contributed by atoms with E-state index in [1.165, 1.54) is 29.7 Å². The van der Waals surface area contributed by atoms with Crippen molar-refractivity contribution in [1.82, 2.24) is 0 Å². The molecule has 0 fully saturated rings. The number of hydrogen-bond acceptors (Lipinski definition) is 3. The summed E-state index contributed by atoms with van der Waals surface area (Å²) >= 11 is 7.66. The van der Waals surface area contributed by atoms with Crippen molar-refractivity contribution in [1.29, 1.82) is 0 Å². The lowest BCUT2D eigenvalue weighted by atomic mass is 10.1. The van der Waals surface area contributed by atoms with E-state index in [1.54, 1.807) is 36.6 Å². The number of rotatable bonds is 3. The maximum atomic E-state index is 12.6. The van der Waals surface area contributed by atoms with Gasteiger partial charge in [-0.1, -0.05) is 18.0 Å². The maximum Gasteiger partial charge on any atom is 0.203 e. The summed E-state index contributed by atoms with van der Waals surface area (Å²) in [6.45, 7) is 0. The number of ketones is 1. The molecule has 0 spiro atoms. The van der Waals surface area contributed by atoms with Crippen molar-refractivity contribution in [3.05, 3.63) is 50.2 Å². The molecular formula is C17H17ClO2S. The molecular weight excluding hydrogens is 304 g/mol. The molecule has 0 bridgehead atoms. The molecule has 1 aromatic carbocycles. The Hall–Kier alpha value is -1.32. The van der Waals surface area contributed by atoms with Crippen LogP contribution in [0, 0.1) is 0 Å². The van der Waals surface area contributed by atoms with Gasteiger partial charge in [-0.15, -0.1) is 11.3 Å². The zero-order valence-electron chi connectivity index (χ0n) is 11.9. The predicted molar refractivity (Wildman–Crippen MR) is 87.0 cm³/mol. The van der Waals surface area contributed by atoms with Crippen LogP contribution in [0.4, 0.5) is 0 Å². The van der Waals surface area contributed by atoms with Crippen molar-refractivity contribution in [3.63, 3.8) is 0 Å². The largest absolute Gasteiger partial charge is 0.495 e. The molecule has 0 saturated carbocycles. The van der Waals surface area contributed by atoms with Crippen molar-refractivity contribution in [2.75, 3.05) is 7.11 Å². The fourth-order valence-electron chi connectivity index (χ4n) is 2.72. The number of fused-ring (bicyclic) bond motifs is 1. The normalized spacial score (nSPS) is 14.4. The summed E-state index contributed by atoms with van der Waals surface area (Å²) in [6.07, 6.45) is 5.96. The summed E-state index contributed by atoms with van der Waals surface area (Å²) in [5, 5.41) is 0.524. The molecule has 3 rings (SSSR count). The molecule has 0 amide bonds. The number of hydrogen-bond donors (Lipinski definition) is 0. The Balaban J connectivity index is 1.92. The summed E-state index contributed by atoms with van der Waals surface area (Å²) in [7, 11) is 1.56. The minimum atomic E-state index is 0.0584. The third kappa shape index (κ3) is 2.99. The molecule has 0 unspecified atom stereocenters. The van der Waals surface area contributed by atoms with E-state index in [0.29, 0.717) is 16.3 Å². The quantitative estimate of drug-likeness (QED) is 0.593. The predicted octanol–water partition coefficient (Wildman–Crippen LogP) is 4.91. The smallest absolute Gasteiger partial charge is 0.203 e. The molecule has 0 aliphatic heterocycles. The lowest BCUT2D eigenvalue weighted by Gasteiger charge is -2.05. The molecule has 4 heteroatoms. The van der Waals surface area contributed by atoms with Crippen LogP contribution in [0.2, 0.25) is 5.02 Å². The Kier molecular flexibility index (Phi) is 4.32. The highest BCUT2D eigenvalue weighted by atomic mass is 35.5. The van der Waals surface area contributed by atoms with E-state index < -0.39 is 0 Å². The van der Waals surface area contributed by atoms with E-state index in [2.05, 4.69) is 6.07 Å². The number of methoxy groups -OCH3 is 1. The Bertz CT molecular complexity index is 652. The molecule has 21 heavy (non-hydrogen) atoms. The maximum absolute atomic E-state index is 12.6. The van der Waals surface area contributed by atoms with Gasteiger partial charge in [0.25, 0.3) is 0 Å². The zero-order valence-corrected chi connectivity index (χ0v) is 13.5. The Labute approximate surface area is 133 Å². The first-order valence-electron chi connectivity index (χ1n) is 7.19. The van der Waals surface area contributed by atoms with Gasteiger partial charge in [-0.3, -0.25) is 4.79 Å². The van der Waals surface area contributed by atoms with Gasteiger partial charge >= 0.3 is 0 Å². The summed E-state index contributed by atoms with van der Waals surface area (Å²) < 4.78 is 5.19. The second-order valence-electron chi connectivity index (χ2n) is 5.30. The molecule has 1 aliphatic rings. The molecule has 0 N–H and O–H groups in total.